The average molecular weight is 411 g/mol. The Morgan fingerprint density at radius 2 is 1.34 bits per heavy atom. The number of carbonyl (C=O) groups is 2. The Hall–Kier alpha value is -1.06. The van der Waals surface area contributed by atoms with E-state index in [1.54, 1.807) is 0 Å². The van der Waals surface area contributed by atoms with Crippen molar-refractivity contribution in [3.05, 3.63) is 0 Å². The van der Waals surface area contributed by atoms with Crippen LogP contribution in [0.5, 0.6) is 0 Å². The molecule has 1 aliphatic rings. The highest BCUT2D eigenvalue weighted by molar-refractivity contribution is 5.75. The Bertz CT molecular complexity index is 458. The second-order valence-electron chi connectivity index (χ2n) is 10.0. The van der Waals surface area contributed by atoms with Gasteiger partial charge in [0.2, 0.25) is 0 Å². The highest BCUT2D eigenvalue weighted by Crippen LogP contribution is 2.31. The van der Waals surface area contributed by atoms with E-state index in [0.29, 0.717) is 18.8 Å². The van der Waals surface area contributed by atoms with Gasteiger partial charge in [0.05, 0.1) is 11.8 Å². The van der Waals surface area contributed by atoms with E-state index in [-0.39, 0.29) is 23.9 Å². The normalized spacial score (nSPS) is 20.8. The van der Waals surface area contributed by atoms with Gasteiger partial charge in [-0.2, -0.15) is 0 Å². The zero-order valence-electron chi connectivity index (χ0n) is 19.5. The molecule has 1 aliphatic carbocycles. The lowest BCUT2D eigenvalue weighted by molar-refractivity contribution is -0.158. The lowest BCUT2D eigenvalue weighted by atomic mass is 9.81. The number of rotatable bonds is 15. The number of carboxylic acid groups (broad SMARTS) is 1. The van der Waals surface area contributed by atoms with Gasteiger partial charge in [-0.25, -0.2) is 0 Å². The van der Waals surface area contributed by atoms with Crippen LogP contribution in [0.3, 0.4) is 0 Å². The summed E-state index contributed by atoms with van der Waals surface area (Å²) in [6.45, 7) is 8.98. The molecule has 1 saturated carbocycles. The van der Waals surface area contributed by atoms with Crippen molar-refractivity contribution in [2.45, 2.75) is 124 Å². The standard InChI is InChI=1S/C25H46O4/c1-19(2)12-9-7-5-6-8-10-15-23(17-16-20(3)4)29-25(28)22-14-11-13-21(18-22)24(26)27/h19-23H,5-18H2,1-4H3,(H,26,27). The summed E-state index contributed by atoms with van der Waals surface area (Å²) >= 11 is 0. The van der Waals surface area contributed by atoms with Gasteiger partial charge in [-0.1, -0.05) is 72.6 Å². The van der Waals surface area contributed by atoms with E-state index in [1.165, 1.54) is 38.5 Å². The number of ether oxygens (including phenoxy) is 1. The number of hydrogen-bond donors (Lipinski definition) is 1. The zero-order chi connectivity index (χ0) is 21.6. The lowest BCUT2D eigenvalue weighted by Gasteiger charge is -2.27. The first-order valence-electron chi connectivity index (χ1n) is 12.2. The Balaban J connectivity index is 2.35. The van der Waals surface area contributed by atoms with Gasteiger partial charge in [-0.05, 0) is 56.8 Å². The number of aliphatic carboxylic acids is 1. The number of esters is 1. The molecule has 0 aromatic rings. The number of carboxylic acids is 1. The number of unbranched alkanes of at least 4 members (excludes halogenated alkanes) is 5. The maximum absolute atomic E-state index is 12.7. The van der Waals surface area contributed by atoms with Crippen LogP contribution < -0.4 is 0 Å². The Labute approximate surface area is 179 Å². The zero-order valence-corrected chi connectivity index (χ0v) is 19.5. The minimum absolute atomic E-state index is 0.00366. The van der Waals surface area contributed by atoms with Crippen LogP contribution in [0.25, 0.3) is 0 Å². The molecule has 29 heavy (non-hydrogen) atoms. The van der Waals surface area contributed by atoms with Gasteiger partial charge in [0, 0.05) is 0 Å². The highest BCUT2D eigenvalue weighted by Gasteiger charge is 2.33. The summed E-state index contributed by atoms with van der Waals surface area (Å²) < 4.78 is 5.91. The molecule has 170 valence electrons. The van der Waals surface area contributed by atoms with Gasteiger partial charge in [-0.15, -0.1) is 0 Å². The predicted octanol–water partition coefficient (Wildman–Crippen LogP) is 7.00. The molecule has 4 nitrogen and oxygen atoms in total. The monoisotopic (exact) mass is 410 g/mol. The van der Waals surface area contributed by atoms with E-state index in [2.05, 4.69) is 27.7 Å². The predicted molar refractivity (Wildman–Crippen MR) is 119 cm³/mol. The quantitative estimate of drug-likeness (QED) is 0.233. The summed E-state index contributed by atoms with van der Waals surface area (Å²) in [5, 5.41) is 9.26. The molecule has 0 radical (unpaired) electrons. The van der Waals surface area contributed by atoms with E-state index in [9.17, 15) is 14.7 Å². The summed E-state index contributed by atoms with van der Waals surface area (Å²) in [6, 6.07) is 0. The number of carbonyl (C=O) groups excluding carboxylic acids is 1. The van der Waals surface area contributed by atoms with Crippen LogP contribution in [0.15, 0.2) is 0 Å². The summed E-state index contributed by atoms with van der Waals surface area (Å²) in [5.41, 5.74) is 0. The Morgan fingerprint density at radius 3 is 1.93 bits per heavy atom. The topological polar surface area (TPSA) is 63.6 Å². The second kappa shape index (κ2) is 14.8. The molecule has 4 heteroatoms. The van der Waals surface area contributed by atoms with Crippen LogP contribution >= 0.6 is 0 Å². The average Bonchev–Trinajstić information content (AvgIpc) is 2.67. The molecular weight excluding hydrogens is 364 g/mol. The second-order valence-corrected chi connectivity index (χ2v) is 10.0. The van der Waals surface area contributed by atoms with Crippen LogP contribution in [0.1, 0.15) is 118 Å². The van der Waals surface area contributed by atoms with E-state index < -0.39 is 5.97 Å². The van der Waals surface area contributed by atoms with E-state index in [1.807, 2.05) is 0 Å². The van der Waals surface area contributed by atoms with Crippen molar-refractivity contribution in [2.24, 2.45) is 23.7 Å². The maximum atomic E-state index is 12.7. The molecule has 0 saturated heterocycles. The van der Waals surface area contributed by atoms with Crippen molar-refractivity contribution in [3.8, 4) is 0 Å². The number of hydrogen-bond acceptors (Lipinski definition) is 3. The third kappa shape index (κ3) is 12.3. The highest BCUT2D eigenvalue weighted by atomic mass is 16.5. The first-order valence-corrected chi connectivity index (χ1v) is 12.2. The van der Waals surface area contributed by atoms with Crippen LogP contribution in [-0.2, 0) is 14.3 Å². The van der Waals surface area contributed by atoms with Gasteiger partial charge in [0.15, 0.2) is 0 Å². The molecule has 0 amide bonds. The maximum Gasteiger partial charge on any atom is 0.309 e. The fraction of sp³-hybridized carbons (Fsp3) is 0.920. The van der Waals surface area contributed by atoms with E-state index in [0.717, 1.165) is 44.4 Å². The first kappa shape index (κ1) is 26.0. The summed E-state index contributed by atoms with van der Waals surface area (Å²) in [7, 11) is 0. The SMILES string of the molecule is CC(C)CCCCCCCCC(CCC(C)C)OC(=O)C1CCCC(C(=O)O)C1. The summed E-state index contributed by atoms with van der Waals surface area (Å²) in [4.78, 5) is 23.9. The molecule has 0 bridgehead atoms. The van der Waals surface area contributed by atoms with Crippen molar-refractivity contribution in [2.75, 3.05) is 0 Å². The van der Waals surface area contributed by atoms with Crippen LogP contribution in [-0.4, -0.2) is 23.1 Å². The van der Waals surface area contributed by atoms with Gasteiger partial charge < -0.3 is 9.84 Å². The van der Waals surface area contributed by atoms with Crippen molar-refractivity contribution in [1.82, 2.24) is 0 Å². The first-order chi connectivity index (χ1) is 13.8. The third-order valence-electron chi connectivity index (χ3n) is 6.26. The van der Waals surface area contributed by atoms with Gasteiger partial charge >= 0.3 is 11.9 Å². The van der Waals surface area contributed by atoms with Gasteiger partial charge in [0.1, 0.15) is 6.10 Å². The fourth-order valence-electron chi connectivity index (χ4n) is 4.30. The van der Waals surface area contributed by atoms with Crippen molar-refractivity contribution in [1.29, 1.82) is 0 Å². The third-order valence-corrected chi connectivity index (χ3v) is 6.26. The molecule has 1 rings (SSSR count). The van der Waals surface area contributed by atoms with Gasteiger partial charge in [0.25, 0.3) is 0 Å². The van der Waals surface area contributed by atoms with Crippen molar-refractivity contribution < 1.29 is 19.4 Å². The molecule has 3 unspecified atom stereocenters. The molecular formula is C25H46O4. The van der Waals surface area contributed by atoms with E-state index >= 15 is 0 Å². The minimum atomic E-state index is -0.771. The summed E-state index contributed by atoms with van der Waals surface area (Å²) in [6.07, 6.45) is 14.5. The summed E-state index contributed by atoms with van der Waals surface area (Å²) in [5.74, 6) is -0.131. The molecule has 1 fully saturated rings. The van der Waals surface area contributed by atoms with E-state index in [4.69, 9.17) is 4.74 Å². The molecule has 1 N–H and O–H groups in total. The molecule has 0 aromatic carbocycles. The molecule has 0 spiro atoms. The lowest BCUT2D eigenvalue weighted by Crippen LogP contribution is -2.31. The Morgan fingerprint density at radius 1 is 0.793 bits per heavy atom. The molecule has 0 aromatic heterocycles. The molecule has 0 heterocycles. The van der Waals surface area contributed by atoms with Crippen LogP contribution in [0, 0.1) is 23.7 Å². The van der Waals surface area contributed by atoms with Crippen LogP contribution in [0.4, 0.5) is 0 Å². The van der Waals surface area contributed by atoms with Crippen molar-refractivity contribution >= 4 is 11.9 Å². The van der Waals surface area contributed by atoms with Crippen LogP contribution in [0.2, 0.25) is 0 Å². The fourth-order valence-corrected chi connectivity index (χ4v) is 4.30. The smallest absolute Gasteiger partial charge is 0.309 e. The Kier molecular flexibility index (Phi) is 13.3. The van der Waals surface area contributed by atoms with Crippen molar-refractivity contribution in [3.63, 3.8) is 0 Å². The minimum Gasteiger partial charge on any atom is -0.481 e. The molecule has 0 aliphatic heterocycles. The molecule has 3 atom stereocenters. The largest absolute Gasteiger partial charge is 0.481 e. The van der Waals surface area contributed by atoms with Gasteiger partial charge in [-0.3, -0.25) is 9.59 Å².